The average Bonchev–Trinajstić information content (AvgIpc) is 2.60. The number of hydrogen-bond acceptors (Lipinski definition) is 3. The fourth-order valence-electron chi connectivity index (χ4n) is 2.33. The van der Waals surface area contributed by atoms with Crippen LogP contribution < -0.4 is 10.6 Å². The van der Waals surface area contributed by atoms with Gasteiger partial charge in [0.15, 0.2) is 5.11 Å². The van der Waals surface area contributed by atoms with Crippen molar-refractivity contribution in [2.24, 2.45) is 0 Å². The number of ether oxygens (including phenoxy) is 1. The Labute approximate surface area is 148 Å². The van der Waals surface area contributed by atoms with E-state index in [1.807, 2.05) is 24.3 Å². The molecule has 0 aromatic heterocycles. The Morgan fingerprint density at radius 2 is 1.92 bits per heavy atom. The van der Waals surface area contributed by atoms with Crippen LogP contribution in [0, 0.1) is 0 Å². The molecular formula is C19H22N2O2S. The summed E-state index contributed by atoms with van der Waals surface area (Å²) in [5, 5.41) is 6.91. The fraction of sp³-hybridized carbons (Fsp3) is 0.263. The predicted octanol–water partition coefficient (Wildman–Crippen LogP) is 3.78. The van der Waals surface area contributed by atoms with Crippen LogP contribution in [0.25, 0.3) is 0 Å². The summed E-state index contributed by atoms with van der Waals surface area (Å²) in [7, 11) is 1.36. The highest BCUT2D eigenvalue weighted by Gasteiger charge is 2.08. The minimum Gasteiger partial charge on any atom is -0.465 e. The third kappa shape index (κ3) is 5.66. The first-order chi connectivity index (χ1) is 11.6. The Morgan fingerprint density at radius 3 is 2.62 bits per heavy atom. The zero-order valence-corrected chi connectivity index (χ0v) is 14.7. The van der Waals surface area contributed by atoms with Gasteiger partial charge in [-0.05, 0) is 55.7 Å². The summed E-state index contributed by atoms with van der Waals surface area (Å²) in [6.45, 7) is 2.10. The Kier molecular flexibility index (Phi) is 6.75. The van der Waals surface area contributed by atoms with Gasteiger partial charge in [-0.2, -0.15) is 0 Å². The monoisotopic (exact) mass is 342 g/mol. The molecule has 0 fully saturated rings. The first-order valence-electron chi connectivity index (χ1n) is 7.88. The smallest absolute Gasteiger partial charge is 0.337 e. The maximum atomic E-state index is 11.6. The van der Waals surface area contributed by atoms with Crippen LogP contribution in [0.4, 0.5) is 5.69 Å². The van der Waals surface area contributed by atoms with Crippen molar-refractivity contribution in [3.63, 3.8) is 0 Å². The Bertz CT molecular complexity index is 689. The van der Waals surface area contributed by atoms with Gasteiger partial charge in [0.25, 0.3) is 0 Å². The van der Waals surface area contributed by atoms with Crippen molar-refractivity contribution in [2.45, 2.75) is 25.8 Å². The van der Waals surface area contributed by atoms with Gasteiger partial charge in [-0.1, -0.05) is 36.4 Å². The van der Waals surface area contributed by atoms with Crippen molar-refractivity contribution in [3.05, 3.63) is 65.7 Å². The lowest BCUT2D eigenvalue weighted by molar-refractivity contribution is 0.0601. The Morgan fingerprint density at radius 1 is 1.17 bits per heavy atom. The average molecular weight is 342 g/mol. The second kappa shape index (κ2) is 9.03. The van der Waals surface area contributed by atoms with Crippen molar-refractivity contribution < 1.29 is 9.53 Å². The van der Waals surface area contributed by atoms with E-state index in [2.05, 4.69) is 29.7 Å². The van der Waals surface area contributed by atoms with Crippen LogP contribution in [-0.4, -0.2) is 24.2 Å². The number of aryl methyl sites for hydroxylation is 1. The summed E-state index contributed by atoms with van der Waals surface area (Å²) < 4.78 is 4.72. The van der Waals surface area contributed by atoms with Gasteiger partial charge in [-0.25, -0.2) is 4.79 Å². The van der Waals surface area contributed by atoms with Crippen LogP contribution in [0.2, 0.25) is 0 Å². The number of esters is 1. The molecule has 0 aliphatic heterocycles. The molecule has 0 spiro atoms. The summed E-state index contributed by atoms with van der Waals surface area (Å²) in [5.74, 6) is -0.367. The maximum absolute atomic E-state index is 11.6. The lowest BCUT2D eigenvalue weighted by Gasteiger charge is -2.17. The molecular weight excluding hydrogens is 320 g/mol. The molecule has 0 bridgehead atoms. The minimum absolute atomic E-state index is 0.244. The molecule has 0 saturated carbocycles. The van der Waals surface area contributed by atoms with E-state index in [-0.39, 0.29) is 12.0 Å². The molecule has 24 heavy (non-hydrogen) atoms. The standard InChI is InChI=1S/C19H22N2O2S/c1-14(11-12-15-7-4-3-5-8-15)20-19(24)21-17-10-6-9-16(13-17)18(22)23-2/h3-10,13-14H,11-12H2,1-2H3,(H2,20,21,24)/t14-/m0/s1. The molecule has 4 nitrogen and oxygen atoms in total. The van der Waals surface area contributed by atoms with Crippen LogP contribution in [-0.2, 0) is 11.2 Å². The van der Waals surface area contributed by atoms with Crippen molar-refractivity contribution in [1.29, 1.82) is 0 Å². The molecule has 0 heterocycles. The van der Waals surface area contributed by atoms with Crippen LogP contribution in [0.15, 0.2) is 54.6 Å². The van der Waals surface area contributed by atoms with E-state index in [0.717, 1.165) is 18.5 Å². The van der Waals surface area contributed by atoms with Crippen molar-refractivity contribution >= 4 is 29.0 Å². The number of anilines is 1. The second-order valence-electron chi connectivity index (χ2n) is 5.60. The summed E-state index contributed by atoms with van der Waals surface area (Å²) in [6, 6.07) is 17.7. The van der Waals surface area contributed by atoms with Gasteiger partial charge >= 0.3 is 5.97 Å². The van der Waals surface area contributed by atoms with Crippen molar-refractivity contribution in [3.8, 4) is 0 Å². The third-order valence-corrected chi connectivity index (χ3v) is 3.85. The van der Waals surface area contributed by atoms with Crippen LogP contribution in [0.5, 0.6) is 0 Å². The molecule has 0 radical (unpaired) electrons. The van der Waals surface area contributed by atoms with E-state index in [9.17, 15) is 4.79 Å². The molecule has 0 saturated heterocycles. The van der Waals surface area contributed by atoms with Crippen molar-refractivity contribution in [2.75, 3.05) is 12.4 Å². The van der Waals surface area contributed by atoms with E-state index in [4.69, 9.17) is 17.0 Å². The maximum Gasteiger partial charge on any atom is 0.337 e. The first-order valence-corrected chi connectivity index (χ1v) is 8.29. The molecule has 0 aliphatic carbocycles. The fourth-order valence-corrected chi connectivity index (χ4v) is 2.65. The molecule has 2 rings (SSSR count). The highest BCUT2D eigenvalue weighted by Crippen LogP contribution is 2.12. The Hall–Kier alpha value is -2.40. The van der Waals surface area contributed by atoms with Crippen LogP contribution in [0.1, 0.15) is 29.3 Å². The molecule has 1 atom stereocenters. The molecule has 126 valence electrons. The number of benzene rings is 2. The van der Waals surface area contributed by atoms with E-state index in [0.29, 0.717) is 10.7 Å². The van der Waals surface area contributed by atoms with Gasteiger partial charge in [0.1, 0.15) is 0 Å². The van der Waals surface area contributed by atoms with Gasteiger partial charge in [0.2, 0.25) is 0 Å². The number of nitrogens with one attached hydrogen (secondary N) is 2. The van der Waals surface area contributed by atoms with E-state index in [1.54, 1.807) is 18.2 Å². The lowest BCUT2D eigenvalue weighted by Crippen LogP contribution is -2.36. The van der Waals surface area contributed by atoms with Crippen LogP contribution >= 0.6 is 12.2 Å². The van der Waals surface area contributed by atoms with Gasteiger partial charge < -0.3 is 15.4 Å². The molecule has 2 aromatic rings. The largest absolute Gasteiger partial charge is 0.465 e. The summed E-state index contributed by atoms with van der Waals surface area (Å²) >= 11 is 5.34. The topological polar surface area (TPSA) is 50.4 Å². The predicted molar refractivity (Wildman–Crippen MR) is 101 cm³/mol. The summed E-state index contributed by atoms with van der Waals surface area (Å²) in [4.78, 5) is 11.6. The van der Waals surface area contributed by atoms with Gasteiger partial charge in [0, 0.05) is 11.7 Å². The number of hydrogen-bond donors (Lipinski definition) is 2. The van der Waals surface area contributed by atoms with E-state index >= 15 is 0 Å². The number of methoxy groups -OCH3 is 1. The molecule has 5 heteroatoms. The SMILES string of the molecule is COC(=O)c1cccc(NC(=S)N[C@@H](C)CCc2ccccc2)c1. The lowest BCUT2D eigenvalue weighted by atomic mass is 10.1. The molecule has 0 amide bonds. The normalized spacial score (nSPS) is 11.4. The Balaban J connectivity index is 1.83. The summed E-state index contributed by atoms with van der Waals surface area (Å²) in [6.07, 6.45) is 1.98. The zero-order chi connectivity index (χ0) is 17.4. The van der Waals surface area contributed by atoms with Gasteiger partial charge in [-0.15, -0.1) is 0 Å². The highest BCUT2D eigenvalue weighted by molar-refractivity contribution is 7.80. The third-order valence-electron chi connectivity index (χ3n) is 3.63. The number of carbonyl (C=O) groups is 1. The second-order valence-corrected chi connectivity index (χ2v) is 6.00. The molecule has 2 N–H and O–H groups in total. The van der Waals surface area contributed by atoms with Crippen LogP contribution in [0.3, 0.4) is 0 Å². The first kappa shape index (κ1) is 17.9. The quantitative estimate of drug-likeness (QED) is 0.618. The van der Waals surface area contributed by atoms with E-state index < -0.39 is 0 Å². The molecule has 0 aliphatic rings. The minimum atomic E-state index is -0.367. The molecule has 2 aromatic carbocycles. The molecule has 0 unspecified atom stereocenters. The number of thiocarbonyl (C=S) groups is 1. The van der Waals surface area contributed by atoms with Gasteiger partial charge in [0.05, 0.1) is 12.7 Å². The van der Waals surface area contributed by atoms with Crippen molar-refractivity contribution in [1.82, 2.24) is 5.32 Å². The van der Waals surface area contributed by atoms with E-state index in [1.165, 1.54) is 12.7 Å². The zero-order valence-electron chi connectivity index (χ0n) is 13.9. The van der Waals surface area contributed by atoms with Gasteiger partial charge in [-0.3, -0.25) is 0 Å². The number of rotatable bonds is 6. The summed E-state index contributed by atoms with van der Waals surface area (Å²) in [5.41, 5.74) is 2.56. The highest BCUT2D eigenvalue weighted by atomic mass is 32.1. The number of carbonyl (C=O) groups excluding carboxylic acids is 1.